The molecule has 8 heteroatoms. The first-order chi connectivity index (χ1) is 15.3. The molecule has 5 rings (SSSR count). The fourth-order valence-electron chi connectivity index (χ4n) is 5.27. The van der Waals surface area contributed by atoms with E-state index in [0.29, 0.717) is 11.3 Å². The molecule has 1 aliphatic carbocycles. The summed E-state index contributed by atoms with van der Waals surface area (Å²) in [6, 6.07) is 8.96. The Kier molecular flexibility index (Phi) is 4.83. The molecule has 1 saturated carbocycles. The van der Waals surface area contributed by atoms with Gasteiger partial charge in [-0.05, 0) is 61.4 Å². The van der Waals surface area contributed by atoms with E-state index in [0.717, 1.165) is 61.9 Å². The zero-order valence-corrected chi connectivity index (χ0v) is 17.5. The Morgan fingerprint density at radius 3 is 2.69 bits per heavy atom. The third-order valence-electron chi connectivity index (χ3n) is 6.90. The van der Waals surface area contributed by atoms with Crippen molar-refractivity contribution >= 4 is 16.9 Å². The lowest BCUT2D eigenvalue weighted by Gasteiger charge is -2.23. The second kappa shape index (κ2) is 7.46. The van der Waals surface area contributed by atoms with Crippen molar-refractivity contribution in [3.63, 3.8) is 0 Å². The van der Waals surface area contributed by atoms with Gasteiger partial charge in [0, 0.05) is 30.2 Å². The molecule has 1 aromatic carbocycles. The maximum absolute atomic E-state index is 13.0. The van der Waals surface area contributed by atoms with Crippen LogP contribution in [0, 0.1) is 5.41 Å². The van der Waals surface area contributed by atoms with Gasteiger partial charge in [0.15, 0.2) is 5.65 Å². The van der Waals surface area contributed by atoms with Crippen LogP contribution in [0.15, 0.2) is 55.3 Å². The number of carbonyl (C=O) groups is 1. The molecule has 2 unspecified atom stereocenters. The van der Waals surface area contributed by atoms with Crippen LogP contribution in [0.25, 0.3) is 22.3 Å². The fraction of sp³-hybridized carbons (Fsp3) is 0.375. The Morgan fingerprint density at radius 1 is 1.19 bits per heavy atom. The van der Waals surface area contributed by atoms with Crippen molar-refractivity contribution in [2.75, 3.05) is 13.1 Å². The number of pyridine rings is 1. The van der Waals surface area contributed by atoms with Crippen LogP contribution in [0.3, 0.4) is 0 Å². The van der Waals surface area contributed by atoms with Gasteiger partial charge in [0.2, 0.25) is 5.91 Å². The number of aromatic nitrogens is 3. The van der Waals surface area contributed by atoms with Gasteiger partial charge in [0.25, 0.3) is 0 Å². The van der Waals surface area contributed by atoms with Crippen LogP contribution in [0.5, 0.6) is 0 Å². The Hall–Kier alpha value is -3.16. The number of amides is 1. The number of hydrogen-bond donors (Lipinski definition) is 0. The van der Waals surface area contributed by atoms with Crippen LogP contribution in [0.4, 0.5) is 13.2 Å². The Bertz CT molecular complexity index is 1180. The first kappa shape index (κ1) is 20.7. The van der Waals surface area contributed by atoms with Gasteiger partial charge in [-0.2, -0.15) is 18.3 Å². The zero-order valence-electron chi connectivity index (χ0n) is 17.5. The van der Waals surface area contributed by atoms with E-state index >= 15 is 0 Å². The van der Waals surface area contributed by atoms with Gasteiger partial charge in [0.1, 0.15) is 5.69 Å². The maximum Gasteiger partial charge on any atom is 0.416 e. The molecule has 3 aromatic rings. The second-order valence-electron chi connectivity index (χ2n) is 8.85. The van der Waals surface area contributed by atoms with Crippen molar-refractivity contribution in [2.24, 2.45) is 5.41 Å². The molecule has 5 nitrogen and oxygen atoms in total. The van der Waals surface area contributed by atoms with Gasteiger partial charge in [0.05, 0.1) is 11.6 Å². The van der Waals surface area contributed by atoms with Crippen molar-refractivity contribution in [3.05, 3.63) is 60.8 Å². The topological polar surface area (TPSA) is 51.0 Å². The van der Waals surface area contributed by atoms with Crippen LogP contribution < -0.4 is 0 Å². The lowest BCUT2D eigenvalue weighted by atomic mass is 9.85. The van der Waals surface area contributed by atoms with E-state index in [1.54, 1.807) is 6.20 Å². The molecule has 0 radical (unpaired) electrons. The third kappa shape index (κ3) is 3.47. The number of benzene rings is 1. The van der Waals surface area contributed by atoms with E-state index in [4.69, 9.17) is 5.10 Å². The molecule has 1 aliphatic heterocycles. The smallest absolute Gasteiger partial charge is 0.339 e. The molecule has 2 aromatic heterocycles. The molecule has 1 saturated heterocycles. The van der Waals surface area contributed by atoms with Crippen molar-refractivity contribution < 1.29 is 18.0 Å². The summed E-state index contributed by atoms with van der Waals surface area (Å²) in [6.07, 6.45) is 2.49. The molecule has 0 N–H and O–H groups in total. The van der Waals surface area contributed by atoms with E-state index in [-0.39, 0.29) is 17.4 Å². The van der Waals surface area contributed by atoms with Gasteiger partial charge in [-0.1, -0.05) is 18.7 Å². The predicted molar refractivity (Wildman–Crippen MR) is 115 cm³/mol. The fourth-order valence-corrected chi connectivity index (χ4v) is 5.27. The zero-order chi connectivity index (χ0) is 22.5. The molecule has 2 aliphatic rings. The Morgan fingerprint density at radius 2 is 1.97 bits per heavy atom. The van der Waals surface area contributed by atoms with Crippen LogP contribution in [0.2, 0.25) is 0 Å². The van der Waals surface area contributed by atoms with E-state index < -0.39 is 11.7 Å². The predicted octanol–water partition coefficient (Wildman–Crippen LogP) is 5.25. The minimum atomic E-state index is -4.37. The molecule has 2 atom stereocenters. The number of fused-ring (bicyclic) bond motifs is 1. The summed E-state index contributed by atoms with van der Waals surface area (Å²) >= 11 is 0. The molecule has 3 heterocycles. The number of alkyl halides is 3. The van der Waals surface area contributed by atoms with Gasteiger partial charge in [-0.25, -0.2) is 9.67 Å². The minimum absolute atomic E-state index is 0.0267. The highest BCUT2D eigenvalue weighted by atomic mass is 19.4. The van der Waals surface area contributed by atoms with Crippen LogP contribution in [-0.4, -0.2) is 38.7 Å². The lowest BCUT2D eigenvalue weighted by molar-refractivity contribution is -0.137. The molecule has 0 bridgehead atoms. The molecule has 166 valence electrons. The summed E-state index contributed by atoms with van der Waals surface area (Å²) in [5.74, 6) is -0.0267. The third-order valence-corrected chi connectivity index (χ3v) is 6.90. The number of halogens is 3. The molecule has 1 spiro atoms. The SMILES string of the molecule is C=CC(=O)N1CCC2(CCC(n3nc(-c4ccc(C(F)(F)F)cc4)c4cccnc43)C2)C1. The average molecular weight is 440 g/mol. The molecular weight excluding hydrogens is 417 g/mol. The summed E-state index contributed by atoms with van der Waals surface area (Å²) in [5.41, 5.74) is 1.40. The quantitative estimate of drug-likeness (QED) is 0.523. The summed E-state index contributed by atoms with van der Waals surface area (Å²) < 4.78 is 40.8. The van der Waals surface area contributed by atoms with Crippen molar-refractivity contribution in [1.82, 2.24) is 19.7 Å². The monoisotopic (exact) mass is 440 g/mol. The first-order valence-electron chi connectivity index (χ1n) is 10.7. The molecule has 2 fully saturated rings. The summed E-state index contributed by atoms with van der Waals surface area (Å²) in [5, 5.41) is 5.66. The number of hydrogen-bond acceptors (Lipinski definition) is 3. The van der Waals surface area contributed by atoms with Crippen molar-refractivity contribution in [1.29, 1.82) is 0 Å². The van der Waals surface area contributed by atoms with Crippen molar-refractivity contribution in [2.45, 2.75) is 37.9 Å². The van der Waals surface area contributed by atoms with E-state index in [2.05, 4.69) is 11.6 Å². The maximum atomic E-state index is 13.0. The highest BCUT2D eigenvalue weighted by Gasteiger charge is 2.46. The summed E-state index contributed by atoms with van der Waals surface area (Å²) in [7, 11) is 0. The molecule has 32 heavy (non-hydrogen) atoms. The average Bonchev–Trinajstić information content (AvgIpc) is 3.50. The summed E-state index contributed by atoms with van der Waals surface area (Å²) in [6.45, 7) is 5.06. The highest BCUT2D eigenvalue weighted by molar-refractivity contribution is 5.91. The van der Waals surface area contributed by atoms with Gasteiger partial charge in [-0.15, -0.1) is 0 Å². The Balaban J connectivity index is 1.46. The highest BCUT2D eigenvalue weighted by Crippen LogP contribution is 2.50. The van der Waals surface area contributed by atoms with E-state index in [1.807, 2.05) is 21.7 Å². The number of nitrogens with zero attached hydrogens (tertiary/aromatic N) is 4. The number of likely N-dealkylation sites (tertiary alicyclic amines) is 1. The number of rotatable bonds is 3. The first-order valence-corrected chi connectivity index (χ1v) is 10.7. The van der Waals surface area contributed by atoms with Crippen LogP contribution >= 0.6 is 0 Å². The minimum Gasteiger partial charge on any atom is -0.339 e. The van der Waals surface area contributed by atoms with Crippen LogP contribution in [0.1, 0.15) is 37.3 Å². The molecular formula is C24H23F3N4O. The van der Waals surface area contributed by atoms with Gasteiger partial charge in [-0.3, -0.25) is 4.79 Å². The second-order valence-corrected chi connectivity index (χ2v) is 8.85. The Labute approximate surface area is 183 Å². The van der Waals surface area contributed by atoms with Crippen molar-refractivity contribution in [3.8, 4) is 11.3 Å². The summed E-state index contributed by atoms with van der Waals surface area (Å²) in [4.78, 5) is 18.4. The number of carbonyl (C=O) groups excluding carboxylic acids is 1. The molecule has 1 amide bonds. The van der Waals surface area contributed by atoms with E-state index in [9.17, 15) is 18.0 Å². The largest absolute Gasteiger partial charge is 0.416 e. The normalized spacial score (nSPS) is 23.3. The van der Waals surface area contributed by atoms with Crippen LogP contribution in [-0.2, 0) is 11.0 Å². The lowest BCUT2D eigenvalue weighted by Crippen LogP contribution is -2.29. The van der Waals surface area contributed by atoms with Gasteiger partial charge >= 0.3 is 6.18 Å². The van der Waals surface area contributed by atoms with Gasteiger partial charge < -0.3 is 4.90 Å². The van der Waals surface area contributed by atoms with E-state index in [1.165, 1.54) is 18.2 Å². The standard InChI is InChI=1S/C24H23F3N4O/c1-2-20(32)30-13-11-23(15-30)10-9-18(14-23)31-22-19(4-3-12-28-22)21(29-31)16-5-7-17(8-6-16)24(25,26)27/h2-8,12,18H,1,9-11,13-15H2.